The Labute approximate surface area is 166 Å². The highest BCUT2D eigenvalue weighted by Gasteiger charge is 2.27. The second-order valence-electron chi connectivity index (χ2n) is 5.87. The second-order valence-corrected chi connectivity index (χ2v) is 8.17. The van der Waals surface area contributed by atoms with Gasteiger partial charge in [0.15, 0.2) is 0 Å². The molecule has 0 unspecified atom stereocenters. The summed E-state index contributed by atoms with van der Waals surface area (Å²) in [5, 5.41) is 11.4. The van der Waals surface area contributed by atoms with E-state index < -0.39 is 20.8 Å². The molecule has 3 aromatic carbocycles. The summed E-state index contributed by atoms with van der Waals surface area (Å²) in [6.45, 7) is -0.106. The lowest BCUT2D eigenvalue weighted by Crippen LogP contribution is -2.30. The third-order valence-corrected chi connectivity index (χ3v) is 5.96. The molecule has 0 atom stereocenters. The molecule has 0 aliphatic heterocycles. The van der Waals surface area contributed by atoms with E-state index in [0.29, 0.717) is 10.6 Å². The van der Waals surface area contributed by atoms with Gasteiger partial charge in [-0.1, -0.05) is 35.9 Å². The van der Waals surface area contributed by atoms with Crippen molar-refractivity contribution >= 4 is 33.0 Å². The minimum absolute atomic E-state index is 0.106. The molecule has 0 N–H and O–H groups in total. The van der Waals surface area contributed by atoms with Crippen LogP contribution in [0.15, 0.2) is 77.7 Å². The van der Waals surface area contributed by atoms with Crippen LogP contribution in [0.4, 0.5) is 15.8 Å². The molecule has 0 radical (unpaired) electrons. The van der Waals surface area contributed by atoms with Gasteiger partial charge in [-0.25, -0.2) is 12.8 Å². The van der Waals surface area contributed by atoms with Crippen LogP contribution in [0.5, 0.6) is 0 Å². The van der Waals surface area contributed by atoms with Gasteiger partial charge in [0.1, 0.15) is 5.82 Å². The van der Waals surface area contributed by atoms with E-state index in [9.17, 15) is 22.9 Å². The van der Waals surface area contributed by atoms with Gasteiger partial charge in [-0.15, -0.1) is 0 Å². The smallest absolute Gasteiger partial charge is 0.262 e. The molecule has 0 aliphatic rings. The molecule has 0 bridgehead atoms. The lowest BCUT2D eigenvalue weighted by atomic mass is 10.2. The molecule has 6 nitrogen and oxygen atoms in total. The first-order chi connectivity index (χ1) is 13.3. The van der Waals surface area contributed by atoms with Gasteiger partial charge < -0.3 is 0 Å². The van der Waals surface area contributed by atoms with Gasteiger partial charge in [0, 0.05) is 17.2 Å². The van der Waals surface area contributed by atoms with E-state index in [2.05, 4.69) is 0 Å². The van der Waals surface area contributed by atoms with Gasteiger partial charge >= 0.3 is 0 Å². The number of halogens is 2. The average molecular weight is 421 g/mol. The molecule has 0 aromatic heterocycles. The maximum Gasteiger partial charge on any atom is 0.270 e. The lowest BCUT2D eigenvalue weighted by molar-refractivity contribution is -0.385. The number of sulfonamides is 1. The van der Waals surface area contributed by atoms with Crippen LogP contribution < -0.4 is 4.31 Å². The molecule has 0 fully saturated rings. The first kappa shape index (κ1) is 19.8. The van der Waals surface area contributed by atoms with E-state index in [1.54, 1.807) is 18.2 Å². The van der Waals surface area contributed by atoms with Crippen molar-refractivity contribution in [3.05, 3.63) is 99.3 Å². The Morgan fingerprint density at radius 1 is 1.00 bits per heavy atom. The summed E-state index contributed by atoms with van der Waals surface area (Å²) in [6.07, 6.45) is 0. The molecule has 28 heavy (non-hydrogen) atoms. The van der Waals surface area contributed by atoms with Gasteiger partial charge in [-0.3, -0.25) is 14.4 Å². The number of nitro benzene ring substituents is 1. The van der Waals surface area contributed by atoms with Crippen molar-refractivity contribution in [2.24, 2.45) is 0 Å². The van der Waals surface area contributed by atoms with E-state index in [4.69, 9.17) is 11.6 Å². The molecule has 0 saturated carbocycles. The van der Waals surface area contributed by atoms with Crippen LogP contribution in [0.3, 0.4) is 0 Å². The molecule has 0 saturated heterocycles. The van der Waals surface area contributed by atoms with Crippen molar-refractivity contribution in [1.29, 1.82) is 0 Å². The standard InChI is InChI=1S/C19H14ClFN2O4S/c20-15-3-1-4-17(11-15)22(13-14-7-9-16(21)10-8-14)28(26,27)19-6-2-5-18(12-19)23(24)25/h1-12H,13H2. The summed E-state index contributed by atoms with van der Waals surface area (Å²) >= 11 is 6.02. The van der Waals surface area contributed by atoms with Gasteiger partial charge in [-0.05, 0) is 42.0 Å². The fourth-order valence-corrected chi connectivity index (χ4v) is 4.26. The highest BCUT2D eigenvalue weighted by molar-refractivity contribution is 7.92. The number of benzene rings is 3. The van der Waals surface area contributed by atoms with Gasteiger partial charge in [0.2, 0.25) is 0 Å². The number of hydrogen-bond acceptors (Lipinski definition) is 4. The van der Waals surface area contributed by atoms with E-state index >= 15 is 0 Å². The van der Waals surface area contributed by atoms with Crippen LogP contribution >= 0.6 is 11.6 Å². The fraction of sp³-hybridized carbons (Fsp3) is 0.0526. The fourth-order valence-electron chi connectivity index (χ4n) is 2.59. The van der Waals surface area contributed by atoms with Crippen LogP contribution in [0, 0.1) is 15.9 Å². The lowest BCUT2D eigenvalue weighted by Gasteiger charge is -2.25. The van der Waals surface area contributed by atoms with Crippen LogP contribution in [0.1, 0.15) is 5.56 Å². The number of anilines is 1. The summed E-state index contributed by atoms with van der Waals surface area (Å²) in [5.74, 6) is -0.445. The van der Waals surface area contributed by atoms with Crippen molar-refractivity contribution in [2.75, 3.05) is 4.31 Å². The Morgan fingerprint density at radius 2 is 1.68 bits per heavy atom. The number of nitro groups is 1. The number of hydrogen-bond donors (Lipinski definition) is 0. The predicted octanol–water partition coefficient (Wildman–Crippen LogP) is 4.78. The van der Waals surface area contributed by atoms with Crippen LogP contribution in [0.2, 0.25) is 5.02 Å². The predicted molar refractivity (Wildman–Crippen MR) is 104 cm³/mol. The molecular formula is C19H14ClFN2O4S. The van der Waals surface area contributed by atoms with Crippen LogP contribution in [-0.4, -0.2) is 13.3 Å². The first-order valence-electron chi connectivity index (χ1n) is 8.04. The van der Waals surface area contributed by atoms with Crippen molar-refractivity contribution in [3.8, 4) is 0 Å². The van der Waals surface area contributed by atoms with Crippen LogP contribution in [0.25, 0.3) is 0 Å². The minimum Gasteiger partial charge on any atom is -0.262 e. The van der Waals surface area contributed by atoms with E-state index in [0.717, 1.165) is 10.4 Å². The monoisotopic (exact) mass is 420 g/mol. The zero-order chi connectivity index (χ0) is 20.3. The van der Waals surface area contributed by atoms with E-state index in [-0.39, 0.29) is 22.8 Å². The molecule has 0 aliphatic carbocycles. The summed E-state index contributed by atoms with van der Waals surface area (Å²) in [4.78, 5) is 10.1. The number of rotatable bonds is 6. The zero-order valence-electron chi connectivity index (χ0n) is 14.3. The van der Waals surface area contributed by atoms with Gasteiger partial charge in [0.25, 0.3) is 15.7 Å². The van der Waals surface area contributed by atoms with Crippen LogP contribution in [-0.2, 0) is 16.6 Å². The molecular weight excluding hydrogens is 407 g/mol. The quantitative estimate of drug-likeness (QED) is 0.424. The summed E-state index contributed by atoms with van der Waals surface area (Å²) < 4.78 is 40.8. The molecule has 144 valence electrons. The van der Waals surface area contributed by atoms with Crippen molar-refractivity contribution in [2.45, 2.75) is 11.4 Å². The third kappa shape index (κ3) is 4.29. The normalized spacial score (nSPS) is 11.2. The second kappa shape index (κ2) is 7.95. The Kier molecular flexibility index (Phi) is 5.62. The van der Waals surface area contributed by atoms with Crippen molar-refractivity contribution in [3.63, 3.8) is 0 Å². The highest BCUT2D eigenvalue weighted by atomic mass is 35.5. The summed E-state index contributed by atoms with van der Waals surface area (Å²) in [7, 11) is -4.16. The third-order valence-electron chi connectivity index (χ3n) is 3.95. The molecule has 3 rings (SSSR count). The zero-order valence-corrected chi connectivity index (χ0v) is 15.9. The van der Waals surface area contributed by atoms with Crippen molar-refractivity contribution in [1.82, 2.24) is 0 Å². The highest BCUT2D eigenvalue weighted by Crippen LogP contribution is 2.29. The SMILES string of the molecule is O=[N+]([O-])c1cccc(S(=O)(=O)N(Cc2ccc(F)cc2)c2cccc(Cl)c2)c1. The summed E-state index contributed by atoms with van der Waals surface area (Å²) in [6, 6.07) is 16.4. The molecule has 3 aromatic rings. The molecule has 0 spiro atoms. The molecule has 0 amide bonds. The van der Waals surface area contributed by atoms with Crippen molar-refractivity contribution < 1.29 is 17.7 Å². The number of nitrogens with zero attached hydrogens (tertiary/aromatic N) is 2. The minimum atomic E-state index is -4.16. The summed E-state index contributed by atoms with van der Waals surface area (Å²) in [5.41, 5.74) is 0.479. The first-order valence-corrected chi connectivity index (χ1v) is 9.86. The van der Waals surface area contributed by atoms with Gasteiger partial charge in [-0.2, -0.15) is 0 Å². The van der Waals surface area contributed by atoms with Gasteiger partial charge in [0.05, 0.1) is 22.1 Å². The topological polar surface area (TPSA) is 80.5 Å². The van der Waals surface area contributed by atoms with E-state index in [1.165, 1.54) is 48.5 Å². The van der Waals surface area contributed by atoms with E-state index in [1.807, 2.05) is 0 Å². The Morgan fingerprint density at radius 3 is 2.32 bits per heavy atom. The Balaban J connectivity index is 2.10. The Bertz CT molecular complexity index is 1120. The largest absolute Gasteiger partial charge is 0.270 e. The molecule has 9 heteroatoms. The number of non-ortho nitro benzene ring substituents is 1. The average Bonchev–Trinajstić information content (AvgIpc) is 2.67. The maximum absolute atomic E-state index is 13.3. The maximum atomic E-state index is 13.3. The molecule has 0 heterocycles. The Hall–Kier alpha value is -2.97.